The van der Waals surface area contributed by atoms with Crippen LogP contribution in [0.3, 0.4) is 0 Å². The highest BCUT2D eigenvalue weighted by Gasteiger charge is 2.06. The Morgan fingerprint density at radius 2 is 2.10 bits per heavy atom. The van der Waals surface area contributed by atoms with Gasteiger partial charge in [-0.05, 0) is 23.6 Å². The summed E-state index contributed by atoms with van der Waals surface area (Å²) >= 11 is 0. The SMILES string of the molecule is c1ccc(Cn2cccn2)c(CNC2=NCCCN2)c1. The van der Waals surface area contributed by atoms with Crippen molar-refractivity contribution < 1.29 is 0 Å². The molecule has 0 saturated heterocycles. The average molecular weight is 269 g/mol. The highest BCUT2D eigenvalue weighted by Crippen LogP contribution is 2.10. The van der Waals surface area contributed by atoms with E-state index in [2.05, 4.69) is 45.0 Å². The average Bonchev–Trinajstić information content (AvgIpc) is 3.00. The Kier molecular flexibility index (Phi) is 3.96. The second-order valence-electron chi connectivity index (χ2n) is 4.84. The van der Waals surface area contributed by atoms with E-state index in [0.29, 0.717) is 0 Å². The first-order valence-corrected chi connectivity index (χ1v) is 6.98. The van der Waals surface area contributed by atoms with Crippen molar-refractivity contribution in [2.45, 2.75) is 19.5 Å². The fraction of sp³-hybridized carbons (Fsp3) is 0.333. The normalized spacial score (nSPS) is 14.5. The van der Waals surface area contributed by atoms with Gasteiger partial charge in [0.05, 0.1) is 6.54 Å². The van der Waals surface area contributed by atoms with E-state index in [0.717, 1.165) is 38.6 Å². The van der Waals surface area contributed by atoms with Crippen LogP contribution < -0.4 is 10.6 Å². The van der Waals surface area contributed by atoms with Crippen molar-refractivity contribution in [2.75, 3.05) is 13.1 Å². The van der Waals surface area contributed by atoms with E-state index >= 15 is 0 Å². The Hall–Kier alpha value is -2.30. The summed E-state index contributed by atoms with van der Waals surface area (Å²) in [7, 11) is 0. The zero-order valence-corrected chi connectivity index (χ0v) is 11.4. The van der Waals surface area contributed by atoms with Crippen molar-refractivity contribution in [3.8, 4) is 0 Å². The number of hydrogen-bond acceptors (Lipinski definition) is 4. The Labute approximate surface area is 118 Å². The Morgan fingerprint density at radius 1 is 1.20 bits per heavy atom. The van der Waals surface area contributed by atoms with Crippen LogP contribution in [0.5, 0.6) is 0 Å². The molecule has 0 radical (unpaired) electrons. The van der Waals surface area contributed by atoms with Crippen molar-refractivity contribution >= 4 is 5.96 Å². The minimum Gasteiger partial charge on any atom is -0.356 e. The molecule has 2 N–H and O–H groups in total. The third-order valence-corrected chi connectivity index (χ3v) is 3.35. The van der Waals surface area contributed by atoms with Gasteiger partial charge in [0.15, 0.2) is 5.96 Å². The smallest absolute Gasteiger partial charge is 0.191 e. The standard InChI is InChI=1S/C15H19N5/c1-2-6-14(12-20-10-4-9-19-20)13(5-1)11-18-15-16-7-3-8-17-15/h1-2,4-6,9-10H,3,7-8,11-12H2,(H2,16,17,18). The molecular weight excluding hydrogens is 250 g/mol. The number of benzene rings is 1. The maximum absolute atomic E-state index is 4.43. The van der Waals surface area contributed by atoms with Crippen LogP contribution in [0.4, 0.5) is 0 Å². The van der Waals surface area contributed by atoms with Crippen LogP contribution in [-0.2, 0) is 13.1 Å². The molecule has 20 heavy (non-hydrogen) atoms. The second-order valence-corrected chi connectivity index (χ2v) is 4.84. The number of aromatic nitrogens is 2. The molecule has 0 saturated carbocycles. The molecular formula is C15H19N5. The van der Waals surface area contributed by atoms with Crippen molar-refractivity contribution in [3.63, 3.8) is 0 Å². The summed E-state index contributed by atoms with van der Waals surface area (Å²) in [6, 6.07) is 10.4. The van der Waals surface area contributed by atoms with Gasteiger partial charge in [-0.3, -0.25) is 9.67 Å². The lowest BCUT2D eigenvalue weighted by Gasteiger charge is -2.17. The Bertz CT molecular complexity index is 574. The highest BCUT2D eigenvalue weighted by atomic mass is 15.3. The molecule has 1 aliphatic rings. The fourth-order valence-electron chi connectivity index (χ4n) is 2.28. The van der Waals surface area contributed by atoms with Crippen LogP contribution in [0.15, 0.2) is 47.7 Å². The number of nitrogens with zero attached hydrogens (tertiary/aromatic N) is 3. The van der Waals surface area contributed by atoms with Gasteiger partial charge in [-0.25, -0.2) is 0 Å². The van der Waals surface area contributed by atoms with Gasteiger partial charge in [0, 0.05) is 32.0 Å². The Balaban J connectivity index is 1.67. The number of rotatable bonds is 4. The monoisotopic (exact) mass is 269 g/mol. The molecule has 1 aromatic heterocycles. The predicted molar refractivity (Wildman–Crippen MR) is 79.5 cm³/mol. The molecule has 104 valence electrons. The van der Waals surface area contributed by atoms with Crippen LogP contribution in [0, 0.1) is 0 Å². The number of aliphatic imine (C=N–C) groups is 1. The van der Waals surface area contributed by atoms with E-state index in [-0.39, 0.29) is 0 Å². The Morgan fingerprint density at radius 3 is 2.85 bits per heavy atom. The van der Waals surface area contributed by atoms with Gasteiger partial charge < -0.3 is 10.6 Å². The summed E-state index contributed by atoms with van der Waals surface area (Å²) in [5.41, 5.74) is 2.55. The summed E-state index contributed by atoms with van der Waals surface area (Å²) < 4.78 is 1.94. The van der Waals surface area contributed by atoms with Crippen LogP contribution in [0.1, 0.15) is 17.5 Å². The number of nitrogens with one attached hydrogen (secondary N) is 2. The third kappa shape index (κ3) is 3.17. The van der Waals surface area contributed by atoms with Gasteiger partial charge in [-0.15, -0.1) is 0 Å². The molecule has 1 aromatic carbocycles. The van der Waals surface area contributed by atoms with Crippen molar-refractivity contribution in [1.82, 2.24) is 20.4 Å². The number of guanidine groups is 1. The highest BCUT2D eigenvalue weighted by molar-refractivity contribution is 5.80. The molecule has 5 nitrogen and oxygen atoms in total. The van der Waals surface area contributed by atoms with Gasteiger partial charge >= 0.3 is 0 Å². The van der Waals surface area contributed by atoms with E-state index in [4.69, 9.17) is 0 Å². The fourth-order valence-corrected chi connectivity index (χ4v) is 2.28. The van der Waals surface area contributed by atoms with E-state index in [9.17, 15) is 0 Å². The van der Waals surface area contributed by atoms with Gasteiger partial charge in [-0.1, -0.05) is 24.3 Å². The molecule has 0 aliphatic carbocycles. The zero-order chi connectivity index (χ0) is 13.6. The van der Waals surface area contributed by atoms with Gasteiger partial charge in [0.25, 0.3) is 0 Å². The molecule has 1 aliphatic heterocycles. The molecule has 0 unspecified atom stereocenters. The van der Waals surface area contributed by atoms with Crippen LogP contribution >= 0.6 is 0 Å². The molecule has 0 atom stereocenters. The molecule has 0 fully saturated rings. The third-order valence-electron chi connectivity index (χ3n) is 3.35. The van der Waals surface area contributed by atoms with E-state index in [1.165, 1.54) is 11.1 Å². The largest absolute Gasteiger partial charge is 0.356 e. The van der Waals surface area contributed by atoms with Crippen molar-refractivity contribution in [1.29, 1.82) is 0 Å². The van der Waals surface area contributed by atoms with Gasteiger partial charge in [0.1, 0.15) is 0 Å². The maximum atomic E-state index is 4.43. The van der Waals surface area contributed by atoms with E-state index in [1.54, 1.807) is 0 Å². The topological polar surface area (TPSA) is 54.2 Å². The summed E-state index contributed by atoms with van der Waals surface area (Å²) in [5, 5.41) is 10.9. The lowest BCUT2D eigenvalue weighted by Crippen LogP contribution is -2.40. The molecule has 2 aromatic rings. The summed E-state index contributed by atoms with van der Waals surface area (Å²) in [6.07, 6.45) is 4.90. The summed E-state index contributed by atoms with van der Waals surface area (Å²) in [6.45, 7) is 3.49. The molecule has 5 heteroatoms. The predicted octanol–water partition coefficient (Wildman–Crippen LogP) is 1.37. The van der Waals surface area contributed by atoms with Gasteiger partial charge in [0.2, 0.25) is 0 Å². The number of hydrogen-bond donors (Lipinski definition) is 2. The van der Waals surface area contributed by atoms with E-state index in [1.807, 2.05) is 23.1 Å². The van der Waals surface area contributed by atoms with Crippen LogP contribution in [-0.4, -0.2) is 28.8 Å². The van der Waals surface area contributed by atoms with Gasteiger partial charge in [-0.2, -0.15) is 5.10 Å². The molecule has 0 amide bonds. The molecule has 0 spiro atoms. The van der Waals surface area contributed by atoms with Crippen molar-refractivity contribution in [2.24, 2.45) is 4.99 Å². The first-order chi connectivity index (χ1) is 9.92. The lowest BCUT2D eigenvalue weighted by atomic mass is 10.1. The van der Waals surface area contributed by atoms with Crippen LogP contribution in [0.25, 0.3) is 0 Å². The summed E-state index contributed by atoms with van der Waals surface area (Å²) in [5.74, 6) is 0.908. The first kappa shape index (κ1) is 12.7. The molecule has 2 heterocycles. The van der Waals surface area contributed by atoms with Crippen LogP contribution in [0.2, 0.25) is 0 Å². The lowest BCUT2D eigenvalue weighted by molar-refractivity contribution is 0.672. The van der Waals surface area contributed by atoms with Crippen molar-refractivity contribution in [3.05, 3.63) is 53.9 Å². The quantitative estimate of drug-likeness (QED) is 0.881. The maximum Gasteiger partial charge on any atom is 0.191 e. The van der Waals surface area contributed by atoms with E-state index < -0.39 is 0 Å². The zero-order valence-electron chi connectivity index (χ0n) is 11.4. The minimum atomic E-state index is 0.781. The molecule has 0 bridgehead atoms. The first-order valence-electron chi connectivity index (χ1n) is 6.98. The molecule has 3 rings (SSSR count). The second kappa shape index (κ2) is 6.23. The summed E-state index contributed by atoms with van der Waals surface area (Å²) in [4.78, 5) is 4.43. The minimum absolute atomic E-state index is 0.781.